The molecule has 3 heterocycles. The van der Waals surface area contributed by atoms with Gasteiger partial charge in [0.2, 0.25) is 0 Å². The number of hydrogen-bond acceptors (Lipinski definition) is 8. The van der Waals surface area contributed by atoms with Crippen LogP contribution in [0.1, 0.15) is 69.7 Å². The summed E-state index contributed by atoms with van der Waals surface area (Å²) in [5.74, 6) is 0. The van der Waals surface area contributed by atoms with Crippen LogP contribution in [0.5, 0.6) is 0 Å². The van der Waals surface area contributed by atoms with E-state index in [1.54, 1.807) is 52.3 Å². The van der Waals surface area contributed by atoms with Crippen molar-refractivity contribution in [1.82, 2.24) is 19.8 Å². The molecule has 36 heavy (non-hydrogen) atoms. The normalized spacial score (nSPS) is 17.1. The van der Waals surface area contributed by atoms with Crippen LogP contribution >= 0.6 is 0 Å². The fraction of sp³-hybridized carbons (Fsp3) is 0.577. The zero-order chi connectivity index (χ0) is 26.8. The summed E-state index contributed by atoms with van der Waals surface area (Å²) >= 11 is 0. The molecule has 0 aromatic carbocycles. The lowest BCUT2D eigenvalue weighted by Gasteiger charge is -2.25. The molecule has 0 unspecified atom stereocenters. The third-order valence-corrected chi connectivity index (χ3v) is 6.18. The summed E-state index contributed by atoms with van der Waals surface area (Å²) in [6.45, 7) is 7.06. The van der Waals surface area contributed by atoms with E-state index in [4.69, 9.17) is 8.92 Å². The molecule has 0 bridgehead atoms. The minimum absolute atomic E-state index is 0.413. The Hall–Kier alpha value is -2.56. The first-order valence-corrected chi connectivity index (χ1v) is 14.0. The molecule has 0 N–H and O–H groups in total. The van der Waals surface area contributed by atoms with E-state index in [0.717, 1.165) is 6.26 Å². The number of rotatable bonds is 8. The number of hydrogen-bond donors (Lipinski definition) is 0. The second-order valence-electron chi connectivity index (χ2n) is 10.0. The Kier molecular flexibility index (Phi) is 11.3. The highest BCUT2D eigenvalue weighted by Gasteiger charge is 2.23. The molecule has 1 amide bonds. The third kappa shape index (κ3) is 11.0. The topological polar surface area (TPSA) is 102 Å². The molecule has 0 saturated carbocycles. The van der Waals surface area contributed by atoms with Crippen molar-refractivity contribution in [3.05, 3.63) is 60.2 Å². The first-order chi connectivity index (χ1) is 16.9. The van der Waals surface area contributed by atoms with Gasteiger partial charge in [0.05, 0.1) is 6.26 Å². The first kappa shape index (κ1) is 29.7. The fourth-order valence-electron chi connectivity index (χ4n) is 3.90. The maximum Gasteiger partial charge on any atom is 0.410 e. The van der Waals surface area contributed by atoms with E-state index in [1.165, 1.54) is 29.8 Å². The van der Waals surface area contributed by atoms with Gasteiger partial charge in [-0.05, 0) is 77.7 Å². The van der Waals surface area contributed by atoms with Crippen molar-refractivity contribution < 1.29 is 22.1 Å². The van der Waals surface area contributed by atoms with Crippen molar-refractivity contribution in [3.8, 4) is 0 Å². The van der Waals surface area contributed by atoms with Gasteiger partial charge in [0.15, 0.2) is 0 Å². The highest BCUT2D eigenvalue weighted by atomic mass is 32.2. The third-order valence-electron chi connectivity index (χ3n) is 5.60. The number of pyridine rings is 2. The van der Waals surface area contributed by atoms with Gasteiger partial charge in [0, 0.05) is 50.0 Å². The molecule has 0 spiro atoms. The minimum atomic E-state index is -3.60. The van der Waals surface area contributed by atoms with E-state index in [-0.39, 0.29) is 0 Å². The summed E-state index contributed by atoms with van der Waals surface area (Å²) in [5, 5.41) is 0. The zero-order valence-electron chi connectivity index (χ0n) is 22.3. The predicted molar refractivity (Wildman–Crippen MR) is 140 cm³/mol. The molecular formula is C26H40N4O5S. The maximum atomic E-state index is 11.9. The van der Waals surface area contributed by atoms with Gasteiger partial charge >= 0.3 is 6.09 Å². The van der Waals surface area contributed by atoms with Gasteiger partial charge in [-0.2, -0.15) is 8.42 Å². The number of ether oxygens (including phenoxy) is 1. The molecule has 1 saturated heterocycles. The number of aromatic nitrogens is 2. The quantitative estimate of drug-likeness (QED) is 0.466. The predicted octanol–water partition coefficient (Wildman–Crippen LogP) is 4.59. The fourth-order valence-corrected chi connectivity index (χ4v) is 4.53. The van der Waals surface area contributed by atoms with E-state index in [0.29, 0.717) is 31.0 Å². The minimum Gasteiger partial charge on any atom is -0.444 e. The van der Waals surface area contributed by atoms with Crippen molar-refractivity contribution in [2.75, 3.05) is 33.4 Å². The van der Waals surface area contributed by atoms with Gasteiger partial charge in [-0.25, -0.2) is 4.79 Å². The lowest BCUT2D eigenvalue weighted by atomic mass is 10.1. The van der Waals surface area contributed by atoms with Crippen LogP contribution in [-0.2, 0) is 19.0 Å². The zero-order valence-corrected chi connectivity index (χ0v) is 23.1. The van der Waals surface area contributed by atoms with Gasteiger partial charge in [-0.1, -0.05) is 12.1 Å². The summed E-state index contributed by atoms with van der Waals surface area (Å²) in [4.78, 5) is 23.9. The number of carbonyl (C=O) groups is 1. The van der Waals surface area contributed by atoms with Crippen molar-refractivity contribution in [3.63, 3.8) is 0 Å². The Morgan fingerprint density at radius 3 is 2.36 bits per heavy atom. The lowest BCUT2D eigenvalue weighted by Crippen LogP contribution is -2.34. The molecule has 2 aromatic heterocycles. The van der Waals surface area contributed by atoms with Crippen molar-refractivity contribution in [1.29, 1.82) is 0 Å². The molecule has 10 heteroatoms. The van der Waals surface area contributed by atoms with Crippen molar-refractivity contribution in [2.24, 2.45) is 0 Å². The van der Waals surface area contributed by atoms with Crippen LogP contribution in [0.3, 0.4) is 0 Å². The lowest BCUT2D eigenvalue weighted by molar-refractivity contribution is 0.0291. The van der Waals surface area contributed by atoms with Crippen molar-refractivity contribution >= 4 is 16.2 Å². The highest BCUT2D eigenvalue weighted by Crippen LogP contribution is 2.29. The van der Waals surface area contributed by atoms with Crippen LogP contribution in [0.2, 0.25) is 0 Å². The number of likely N-dealkylation sites (tertiary alicyclic amines) is 1. The summed E-state index contributed by atoms with van der Waals surface area (Å²) in [7, 11) is 0.233. The average Bonchev–Trinajstić information content (AvgIpc) is 3.24. The van der Waals surface area contributed by atoms with Crippen LogP contribution in [0, 0.1) is 0 Å². The SMILES string of the molecule is CN(CCC[C@@H](OS(C)(=O)=O)c1cccnc1)C(=O)OC(C)(C)C.CN1CCC[C@H]1c1cccnc1. The Bertz CT molecular complexity index is 1030. The summed E-state index contributed by atoms with van der Waals surface area (Å²) in [6.07, 6.45) is 10.6. The Labute approximate surface area is 216 Å². The molecule has 0 aliphatic carbocycles. The van der Waals surface area contributed by atoms with Gasteiger partial charge in [-0.3, -0.25) is 19.1 Å². The molecule has 200 valence electrons. The van der Waals surface area contributed by atoms with E-state index >= 15 is 0 Å². The van der Waals surface area contributed by atoms with Gasteiger partial charge in [0.25, 0.3) is 10.1 Å². The average molecular weight is 521 g/mol. The molecule has 9 nitrogen and oxygen atoms in total. The summed E-state index contributed by atoms with van der Waals surface area (Å²) in [5.41, 5.74) is 1.49. The summed E-state index contributed by atoms with van der Waals surface area (Å²) in [6, 6.07) is 8.28. The molecule has 2 atom stereocenters. The Balaban J connectivity index is 0.000000313. The second kappa shape index (κ2) is 13.7. The monoisotopic (exact) mass is 520 g/mol. The molecular weight excluding hydrogens is 480 g/mol. The largest absolute Gasteiger partial charge is 0.444 e. The molecule has 1 aliphatic rings. The Morgan fingerprint density at radius 2 is 1.86 bits per heavy atom. The molecule has 3 rings (SSSR count). The molecule has 1 fully saturated rings. The summed E-state index contributed by atoms with van der Waals surface area (Å²) < 4.78 is 33.3. The van der Waals surface area contributed by atoms with Crippen LogP contribution < -0.4 is 0 Å². The van der Waals surface area contributed by atoms with Gasteiger partial charge in [-0.15, -0.1) is 0 Å². The Morgan fingerprint density at radius 1 is 1.19 bits per heavy atom. The number of carbonyl (C=O) groups excluding carboxylic acids is 1. The van der Waals surface area contributed by atoms with Crippen LogP contribution in [0.4, 0.5) is 4.79 Å². The first-order valence-electron chi connectivity index (χ1n) is 12.2. The van der Waals surface area contributed by atoms with Crippen LogP contribution in [-0.4, -0.2) is 73.3 Å². The molecule has 2 aromatic rings. The van der Waals surface area contributed by atoms with Crippen LogP contribution in [0.25, 0.3) is 0 Å². The van der Waals surface area contributed by atoms with E-state index < -0.39 is 27.9 Å². The smallest absolute Gasteiger partial charge is 0.410 e. The van der Waals surface area contributed by atoms with Gasteiger partial charge < -0.3 is 9.64 Å². The second-order valence-corrected chi connectivity index (χ2v) is 11.6. The van der Waals surface area contributed by atoms with E-state index in [1.807, 2.05) is 18.5 Å². The maximum absolute atomic E-state index is 11.9. The van der Waals surface area contributed by atoms with E-state index in [9.17, 15) is 13.2 Å². The highest BCUT2D eigenvalue weighted by molar-refractivity contribution is 7.86. The van der Waals surface area contributed by atoms with Gasteiger partial charge in [0.1, 0.15) is 11.7 Å². The van der Waals surface area contributed by atoms with Crippen molar-refractivity contribution in [2.45, 2.75) is 64.2 Å². The molecule has 0 radical (unpaired) electrons. The number of nitrogens with zero attached hydrogens (tertiary/aromatic N) is 4. The van der Waals surface area contributed by atoms with Crippen LogP contribution in [0.15, 0.2) is 49.1 Å². The standard InChI is InChI=1S/C16H26N2O5S.C10H14N2/c1-16(2,3)22-15(19)18(4)11-7-9-14(23-24(5,20)21)13-8-6-10-17-12-13;1-12-7-3-5-10(12)9-4-2-6-11-8-9/h6,8,10,12,14H,7,9,11H2,1-5H3;2,4,6,8,10H,3,5,7H2,1H3/t14-;10-/m10/s1. The molecule has 1 aliphatic heterocycles. The van der Waals surface area contributed by atoms with E-state index in [2.05, 4.69) is 28.0 Å². The number of amides is 1.